The second-order valence-electron chi connectivity index (χ2n) is 5.04. The van der Waals surface area contributed by atoms with Crippen LogP contribution in [0.2, 0.25) is 0 Å². The second-order valence-corrected chi connectivity index (χ2v) is 7.02. The molecular weight excluding hydrogens is 295 g/mol. The van der Waals surface area contributed by atoms with Crippen molar-refractivity contribution in [2.24, 2.45) is 0 Å². The monoisotopic (exact) mass is 316 g/mol. The molecule has 6 nitrogen and oxygen atoms in total. The Morgan fingerprint density at radius 3 is 2.33 bits per heavy atom. The molecule has 0 radical (unpaired) electrons. The Balaban J connectivity index is 2.56. The molecular formula is C14H21O6P. The summed E-state index contributed by atoms with van der Waals surface area (Å²) in [5, 5.41) is 9.64. The normalized spacial score (nSPS) is 14.5. The average Bonchev–Trinajstić information content (AvgIpc) is 2.37. The lowest BCUT2D eigenvalue weighted by molar-refractivity contribution is 0.0488. The number of carbonyl (C=O) groups excluding carboxylic acids is 1. The lowest BCUT2D eigenvalue weighted by atomic mass is 9.97. The number of carbonyl (C=O) groups is 1. The Morgan fingerprint density at radius 2 is 1.86 bits per heavy atom. The van der Waals surface area contributed by atoms with Crippen LogP contribution in [0, 0.1) is 0 Å². The first-order valence-electron chi connectivity index (χ1n) is 6.62. The Bertz CT molecular complexity index is 517. The van der Waals surface area contributed by atoms with Gasteiger partial charge in [0.15, 0.2) is 5.78 Å². The second kappa shape index (κ2) is 7.18. The molecule has 0 aliphatic rings. The summed E-state index contributed by atoms with van der Waals surface area (Å²) < 4.78 is 21.5. The van der Waals surface area contributed by atoms with E-state index in [2.05, 4.69) is 0 Å². The van der Waals surface area contributed by atoms with Crippen molar-refractivity contribution in [3.8, 4) is 5.75 Å². The number of ketones is 1. The van der Waals surface area contributed by atoms with Crippen molar-refractivity contribution in [1.29, 1.82) is 0 Å². The molecule has 0 aliphatic heterocycles. The molecule has 1 rings (SSSR count). The number of ether oxygens (including phenoxy) is 1. The quantitative estimate of drug-likeness (QED) is 0.564. The molecule has 1 atom stereocenters. The highest BCUT2D eigenvalue weighted by atomic mass is 31.2. The van der Waals surface area contributed by atoms with E-state index in [0.29, 0.717) is 11.3 Å². The van der Waals surface area contributed by atoms with Gasteiger partial charge in [-0.25, -0.2) is 0 Å². The van der Waals surface area contributed by atoms with Crippen LogP contribution in [0.5, 0.6) is 5.75 Å². The predicted molar refractivity (Wildman–Crippen MR) is 78.9 cm³/mol. The van der Waals surface area contributed by atoms with Crippen LogP contribution >= 0.6 is 7.60 Å². The molecule has 0 spiro atoms. The van der Waals surface area contributed by atoms with Gasteiger partial charge >= 0.3 is 7.60 Å². The van der Waals surface area contributed by atoms with Crippen LogP contribution < -0.4 is 4.74 Å². The van der Waals surface area contributed by atoms with E-state index in [1.807, 2.05) is 0 Å². The first kappa shape index (κ1) is 17.9. The highest BCUT2D eigenvalue weighted by molar-refractivity contribution is 7.52. The maximum Gasteiger partial charge on any atom is 0.331 e. The molecule has 1 unspecified atom stereocenters. The highest BCUT2D eigenvalue weighted by Crippen LogP contribution is 2.41. The van der Waals surface area contributed by atoms with Gasteiger partial charge in [0.05, 0.1) is 19.4 Å². The zero-order valence-corrected chi connectivity index (χ0v) is 13.3. The van der Waals surface area contributed by atoms with Crippen LogP contribution in [-0.4, -0.2) is 40.8 Å². The number of aliphatic hydroxyl groups is 1. The van der Waals surface area contributed by atoms with Crippen molar-refractivity contribution in [2.75, 3.05) is 19.4 Å². The van der Waals surface area contributed by atoms with Crippen molar-refractivity contribution in [3.63, 3.8) is 0 Å². The Kier molecular flexibility index (Phi) is 6.10. The Morgan fingerprint density at radius 1 is 1.29 bits per heavy atom. The minimum Gasteiger partial charge on any atom is -0.493 e. The van der Waals surface area contributed by atoms with Gasteiger partial charge in [0.1, 0.15) is 11.4 Å². The summed E-state index contributed by atoms with van der Waals surface area (Å²) in [4.78, 5) is 21.2. The Hall–Kier alpha value is -1.20. The lowest BCUT2D eigenvalue weighted by Gasteiger charge is -2.16. The summed E-state index contributed by atoms with van der Waals surface area (Å²) in [6, 6.07) is 6.22. The van der Waals surface area contributed by atoms with E-state index >= 15 is 0 Å². The molecule has 0 saturated heterocycles. The highest BCUT2D eigenvalue weighted by Gasteiger charge is 2.25. The molecule has 0 saturated carbocycles. The SMILES string of the molecule is CCOP(=O)(O)CCOc1ccc(C(=O)C(C)(C)O)cc1. The molecule has 0 aromatic heterocycles. The maximum atomic E-state index is 11.8. The predicted octanol–water partition coefficient (Wildman–Crippen LogP) is 2.24. The summed E-state index contributed by atoms with van der Waals surface area (Å²) in [6.07, 6.45) is -0.106. The Labute approximate surface area is 124 Å². The van der Waals surface area contributed by atoms with Gasteiger partial charge in [-0.1, -0.05) is 0 Å². The first-order valence-corrected chi connectivity index (χ1v) is 8.38. The van der Waals surface area contributed by atoms with Crippen molar-refractivity contribution in [3.05, 3.63) is 29.8 Å². The fourth-order valence-electron chi connectivity index (χ4n) is 1.60. The van der Waals surface area contributed by atoms with E-state index in [1.54, 1.807) is 19.1 Å². The van der Waals surface area contributed by atoms with Gasteiger partial charge in [-0.15, -0.1) is 0 Å². The minimum atomic E-state index is -3.59. The molecule has 2 N–H and O–H groups in total. The number of rotatable bonds is 8. The fourth-order valence-corrected chi connectivity index (χ4v) is 2.46. The molecule has 0 bridgehead atoms. The zero-order chi connectivity index (χ0) is 16.1. The smallest absolute Gasteiger partial charge is 0.331 e. The van der Waals surface area contributed by atoms with Gasteiger partial charge in [-0.2, -0.15) is 0 Å². The molecule has 0 heterocycles. The largest absolute Gasteiger partial charge is 0.493 e. The van der Waals surface area contributed by atoms with Crippen molar-refractivity contribution >= 4 is 13.4 Å². The lowest BCUT2D eigenvalue weighted by Crippen LogP contribution is -2.30. The van der Waals surface area contributed by atoms with Gasteiger partial charge in [0, 0.05) is 5.56 Å². The van der Waals surface area contributed by atoms with Gasteiger partial charge in [0.2, 0.25) is 0 Å². The molecule has 0 aliphatic carbocycles. The van der Waals surface area contributed by atoms with Crippen LogP contribution in [0.15, 0.2) is 24.3 Å². The van der Waals surface area contributed by atoms with E-state index in [4.69, 9.17) is 9.26 Å². The van der Waals surface area contributed by atoms with E-state index < -0.39 is 13.2 Å². The van der Waals surface area contributed by atoms with Crippen LogP contribution in [0.25, 0.3) is 0 Å². The number of benzene rings is 1. The standard InChI is InChI=1S/C14H21O6P/c1-4-20-21(17,18)10-9-19-12-7-5-11(6-8-12)13(15)14(2,3)16/h5-8,16H,4,9-10H2,1-3H3,(H,17,18). The fraction of sp³-hybridized carbons (Fsp3) is 0.500. The van der Waals surface area contributed by atoms with Gasteiger partial charge in [0.25, 0.3) is 0 Å². The van der Waals surface area contributed by atoms with E-state index in [-0.39, 0.29) is 25.2 Å². The van der Waals surface area contributed by atoms with Crippen molar-refractivity contribution in [2.45, 2.75) is 26.4 Å². The van der Waals surface area contributed by atoms with Crippen LogP contribution in [0.1, 0.15) is 31.1 Å². The molecule has 118 valence electrons. The summed E-state index contributed by atoms with van der Waals surface area (Å²) >= 11 is 0. The van der Waals surface area contributed by atoms with Gasteiger partial charge in [-0.3, -0.25) is 9.36 Å². The molecule has 7 heteroatoms. The molecule has 1 aromatic rings. The van der Waals surface area contributed by atoms with Gasteiger partial charge in [-0.05, 0) is 45.0 Å². The summed E-state index contributed by atoms with van der Waals surface area (Å²) in [5.74, 6) is 0.0871. The summed E-state index contributed by atoms with van der Waals surface area (Å²) in [6.45, 7) is 4.69. The minimum absolute atomic E-state index is 0.0343. The molecule has 0 fully saturated rings. The third-order valence-corrected chi connectivity index (χ3v) is 4.05. The van der Waals surface area contributed by atoms with Crippen LogP contribution in [0.3, 0.4) is 0 Å². The van der Waals surface area contributed by atoms with E-state index in [0.717, 1.165) is 0 Å². The third-order valence-electron chi connectivity index (χ3n) is 2.65. The third kappa shape index (κ3) is 5.98. The van der Waals surface area contributed by atoms with E-state index in [1.165, 1.54) is 26.0 Å². The van der Waals surface area contributed by atoms with Crippen LogP contribution in [-0.2, 0) is 9.09 Å². The van der Waals surface area contributed by atoms with Crippen molar-refractivity contribution < 1.29 is 28.6 Å². The number of Topliss-reactive ketones (excluding diaryl/α,β-unsaturated/α-hetero) is 1. The van der Waals surface area contributed by atoms with E-state index in [9.17, 15) is 19.4 Å². The van der Waals surface area contributed by atoms with Gasteiger partial charge < -0.3 is 19.3 Å². The number of hydrogen-bond acceptors (Lipinski definition) is 5. The van der Waals surface area contributed by atoms with Crippen LogP contribution in [0.4, 0.5) is 0 Å². The number of hydrogen-bond donors (Lipinski definition) is 2. The maximum absolute atomic E-state index is 11.8. The zero-order valence-electron chi connectivity index (χ0n) is 12.4. The average molecular weight is 316 g/mol. The summed E-state index contributed by atoms with van der Waals surface area (Å²) in [5.41, 5.74) is -1.05. The topological polar surface area (TPSA) is 93.1 Å². The first-order chi connectivity index (χ1) is 9.65. The molecule has 0 amide bonds. The molecule has 1 aromatic carbocycles. The van der Waals surface area contributed by atoms with Crippen molar-refractivity contribution in [1.82, 2.24) is 0 Å². The summed E-state index contributed by atoms with van der Waals surface area (Å²) in [7, 11) is -3.59. The molecule has 21 heavy (non-hydrogen) atoms.